The molecule has 0 unspecified atom stereocenters. The van der Waals surface area contributed by atoms with Crippen LogP contribution in [0.2, 0.25) is 0 Å². The fraction of sp³-hybridized carbons (Fsp3) is 0.263. The Morgan fingerprint density at radius 2 is 1.79 bits per heavy atom. The van der Waals surface area contributed by atoms with Crippen LogP contribution in [0.1, 0.15) is 16.7 Å². The van der Waals surface area contributed by atoms with Gasteiger partial charge in [0.25, 0.3) is 5.69 Å². The second-order valence-electron chi connectivity index (χ2n) is 6.15. The van der Waals surface area contributed by atoms with Gasteiger partial charge in [-0.25, -0.2) is 4.79 Å². The first-order valence-corrected chi connectivity index (χ1v) is 8.37. The number of ether oxygens (including phenoxy) is 1. The van der Waals surface area contributed by atoms with Crippen molar-refractivity contribution in [3.63, 3.8) is 0 Å². The van der Waals surface area contributed by atoms with Crippen molar-refractivity contribution in [2.75, 3.05) is 7.11 Å². The van der Waals surface area contributed by atoms with Gasteiger partial charge in [0.15, 0.2) is 0 Å². The highest BCUT2D eigenvalue weighted by Crippen LogP contribution is 2.29. The minimum absolute atomic E-state index is 0.0779. The van der Waals surface area contributed by atoms with Crippen LogP contribution in [-0.4, -0.2) is 30.0 Å². The van der Waals surface area contributed by atoms with E-state index in [9.17, 15) is 32.9 Å². The van der Waals surface area contributed by atoms with E-state index in [1.165, 1.54) is 36.4 Å². The SMILES string of the molecule is COC(=O)[C@@H](Cc1ccc(C(F)(F)F)cc1)NC(=O)Cc1cccc([N+](=O)[O-])c1. The highest BCUT2D eigenvalue weighted by molar-refractivity contribution is 5.85. The van der Waals surface area contributed by atoms with Crippen LogP contribution in [0.4, 0.5) is 18.9 Å². The first-order valence-electron chi connectivity index (χ1n) is 8.37. The van der Waals surface area contributed by atoms with Crippen LogP contribution < -0.4 is 5.32 Å². The lowest BCUT2D eigenvalue weighted by Crippen LogP contribution is -2.43. The minimum Gasteiger partial charge on any atom is -0.467 e. The molecule has 1 atom stereocenters. The number of nitro benzene ring substituents is 1. The summed E-state index contributed by atoms with van der Waals surface area (Å²) in [6, 6.07) is 8.55. The molecule has 7 nitrogen and oxygen atoms in total. The van der Waals surface area contributed by atoms with Gasteiger partial charge in [-0.3, -0.25) is 14.9 Å². The van der Waals surface area contributed by atoms with Crippen molar-refractivity contribution >= 4 is 17.6 Å². The molecule has 0 aliphatic carbocycles. The molecule has 2 aromatic rings. The van der Waals surface area contributed by atoms with Crippen LogP contribution in [0.25, 0.3) is 0 Å². The molecule has 0 radical (unpaired) electrons. The van der Waals surface area contributed by atoms with Gasteiger partial charge in [-0.15, -0.1) is 0 Å². The van der Waals surface area contributed by atoms with Gasteiger partial charge >= 0.3 is 12.1 Å². The van der Waals surface area contributed by atoms with E-state index in [0.29, 0.717) is 11.1 Å². The summed E-state index contributed by atoms with van der Waals surface area (Å²) in [6.07, 6.45) is -4.78. The number of alkyl halides is 3. The zero-order valence-electron chi connectivity index (χ0n) is 15.2. The van der Waals surface area contributed by atoms with Gasteiger partial charge < -0.3 is 10.1 Å². The van der Waals surface area contributed by atoms with E-state index in [1.54, 1.807) is 0 Å². The minimum atomic E-state index is -4.48. The topological polar surface area (TPSA) is 98.5 Å². The number of esters is 1. The summed E-state index contributed by atoms with van der Waals surface area (Å²) in [6.45, 7) is 0. The maximum Gasteiger partial charge on any atom is 0.416 e. The van der Waals surface area contributed by atoms with Crippen LogP contribution in [0.3, 0.4) is 0 Å². The predicted molar refractivity (Wildman–Crippen MR) is 95.9 cm³/mol. The number of benzene rings is 2. The van der Waals surface area contributed by atoms with Crippen LogP contribution in [0.15, 0.2) is 48.5 Å². The number of hydrogen-bond acceptors (Lipinski definition) is 5. The molecule has 2 rings (SSSR count). The van der Waals surface area contributed by atoms with Gasteiger partial charge in [0.1, 0.15) is 6.04 Å². The number of hydrogen-bond donors (Lipinski definition) is 1. The number of nitro groups is 1. The van der Waals surface area contributed by atoms with Crippen LogP contribution in [-0.2, 0) is 33.3 Å². The van der Waals surface area contributed by atoms with Gasteiger partial charge in [-0.1, -0.05) is 24.3 Å². The molecule has 2 aromatic carbocycles. The van der Waals surface area contributed by atoms with Crippen molar-refractivity contribution in [1.29, 1.82) is 0 Å². The fourth-order valence-corrected chi connectivity index (χ4v) is 2.61. The van der Waals surface area contributed by atoms with E-state index in [-0.39, 0.29) is 18.5 Å². The summed E-state index contributed by atoms with van der Waals surface area (Å²) in [5, 5.41) is 13.3. The molecule has 0 saturated heterocycles. The Kier molecular flexibility index (Phi) is 6.92. The smallest absolute Gasteiger partial charge is 0.416 e. The monoisotopic (exact) mass is 410 g/mol. The van der Waals surface area contributed by atoms with Gasteiger partial charge in [-0.05, 0) is 23.3 Å². The van der Waals surface area contributed by atoms with Crippen LogP contribution in [0.5, 0.6) is 0 Å². The molecule has 0 aromatic heterocycles. The summed E-state index contributed by atoms with van der Waals surface area (Å²) in [7, 11) is 1.12. The van der Waals surface area contributed by atoms with E-state index in [4.69, 9.17) is 0 Å². The van der Waals surface area contributed by atoms with E-state index >= 15 is 0 Å². The molecule has 29 heavy (non-hydrogen) atoms. The Labute approximate surface area is 163 Å². The molecular formula is C19H17F3N2O5. The first kappa shape index (κ1) is 21.9. The summed E-state index contributed by atoms with van der Waals surface area (Å²) in [5.41, 5.74) is -0.242. The van der Waals surface area contributed by atoms with Gasteiger partial charge in [0, 0.05) is 18.6 Å². The number of carbonyl (C=O) groups excluding carboxylic acids is 2. The number of rotatable bonds is 7. The average Bonchev–Trinajstić information content (AvgIpc) is 2.66. The van der Waals surface area contributed by atoms with E-state index in [0.717, 1.165) is 19.2 Å². The third-order valence-electron chi connectivity index (χ3n) is 4.03. The Balaban J connectivity index is 2.08. The fourth-order valence-electron chi connectivity index (χ4n) is 2.61. The molecule has 0 saturated carbocycles. The highest BCUT2D eigenvalue weighted by atomic mass is 19.4. The second-order valence-corrected chi connectivity index (χ2v) is 6.15. The third-order valence-corrected chi connectivity index (χ3v) is 4.03. The lowest BCUT2D eigenvalue weighted by atomic mass is 10.0. The summed E-state index contributed by atoms with van der Waals surface area (Å²) >= 11 is 0. The van der Waals surface area contributed by atoms with Crippen molar-refractivity contribution < 1.29 is 32.4 Å². The largest absolute Gasteiger partial charge is 0.467 e. The van der Waals surface area contributed by atoms with Gasteiger partial charge in [0.05, 0.1) is 24.0 Å². The molecule has 10 heteroatoms. The predicted octanol–water partition coefficient (Wildman–Crippen LogP) is 3.06. The van der Waals surface area contributed by atoms with E-state index < -0.39 is 34.6 Å². The third kappa shape index (κ3) is 6.30. The van der Waals surface area contributed by atoms with Crippen molar-refractivity contribution in [3.05, 3.63) is 75.3 Å². The molecular weight excluding hydrogens is 393 g/mol. The van der Waals surface area contributed by atoms with Gasteiger partial charge in [0.2, 0.25) is 5.91 Å². The molecule has 0 fully saturated rings. The van der Waals surface area contributed by atoms with Crippen molar-refractivity contribution in [1.82, 2.24) is 5.32 Å². The van der Waals surface area contributed by atoms with Gasteiger partial charge in [-0.2, -0.15) is 13.2 Å². The zero-order chi connectivity index (χ0) is 21.6. The maximum absolute atomic E-state index is 12.6. The van der Waals surface area contributed by atoms with Crippen molar-refractivity contribution in [2.45, 2.75) is 25.1 Å². The standard InChI is InChI=1S/C19H17F3N2O5/c1-29-18(26)16(10-12-5-7-14(8-6-12)19(20,21)22)23-17(25)11-13-3-2-4-15(9-13)24(27)28/h2-9,16H,10-11H2,1H3,(H,23,25)/t16-/m1/s1. The van der Waals surface area contributed by atoms with Crippen LogP contribution in [0, 0.1) is 10.1 Å². The van der Waals surface area contributed by atoms with Crippen LogP contribution >= 0.6 is 0 Å². The number of nitrogens with one attached hydrogen (secondary N) is 1. The molecule has 1 N–H and O–H groups in total. The number of halogens is 3. The Hall–Kier alpha value is -3.43. The number of amides is 1. The normalized spacial score (nSPS) is 12.1. The number of methoxy groups -OCH3 is 1. The summed E-state index contributed by atoms with van der Waals surface area (Å²) in [5.74, 6) is -1.36. The maximum atomic E-state index is 12.6. The quantitative estimate of drug-likeness (QED) is 0.430. The molecule has 1 amide bonds. The summed E-state index contributed by atoms with van der Waals surface area (Å²) in [4.78, 5) is 34.4. The Morgan fingerprint density at radius 3 is 2.34 bits per heavy atom. The second kappa shape index (κ2) is 9.18. The van der Waals surface area contributed by atoms with Crippen molar-refractivity contribution in [3.8, 4) is 0 Å². The molecule has 0 aliphatic rings. The van der Waals surface area contributed by atoms with E-state index in [2.05, 4.69) is 10.1 Å². The zero-order valence-corrected chi connectivity index (χ0v) is 15.2. The Bertz CT molecular complexity index is 897. The Morgan fingerprint density at radius 1 is 1.14 bits per heavy atom. The van der Waals surface area contributed by atoms with Crippen molar-refractivity contribution in [2.24, 2.45) is 0 Å². The summed E-state index contributed by atoms with van der Waals surface area (Å²) < 4.78 is 42.6. The lowest BCUT2D eigenvalue weighted by molar-refractivity contribution is -0.384. The molecule has 0 bridgehead atoms. The first-order chi connectivity index (χ1) is 13.6. The molecule has 154 valence electrons. The van der Waals surface area contributed by atoms with E-state index in [1.807, 2.05) is 0 Å². The molecule has 0 aliphatic heterocycles. The highest BCUT2D eigenvalue weighted by Gasteiger charge is 2.30. The number of carbonyl (C=O) groups is 2. The molecule has 0 heterocycles. The number of nitrogens with zero attached hydrogens (tertiary/aromatic N) is 1. The lowest BCUT2D eigenvalue weighted by Gasteiger charge is -2.17. The average molecular weight is 410 g/mol. The number of non-ortho nitro benzene ring substituents is 1. The molecule has 0 spiro atoms.